The second-order valence-corrected chi connectivity index (χ2v) is 9.47. The molecule has 9 heteroatoms. The van der Waals surface area contributed by atoms with Crippen molar-refractivity contribution < 1.29 is 8.42 Å². The van der Waals surface area contributed by atoms with Crippen LogP contribution in [0.4, 0.5) is 0 Å². The molecular formula is C18H26N6O2S. The molecule has 2 saturated heterocycles. The van der Waals surface area contributed by atoms with Gasteiger partial charge in [0, 0.05) is 38.8 Å². The van der Waals surface area contributed by atoms with Crippen molar-refractivity contribution in [2.24, 2.45) is 0 Å². The zero-order valence-corrected chi connectivity index (χ0v) is 16.4. The van der Waals surface area contributed by atoms with Crippen LogP contribution in [0.15, 0.2) is 36.5 Å². The molecule has 2 aliphatic heterocycles. The lowest BCUT2D eigenvalue weighted by atomic mass is 10.2. The second kappa shape index (κ2) is 7.67. The predicted molar refractivity (Wildman–Crippen MR) is 103 cm³/mol. The fourth-order valence-electron chi connectivity index (χ4n) is 3.76. The van der Waals surface area contributed by atoms with Gasteiger partial charge in [-0.25, -0.2) is 13.1 Å². The first-order valence-corrected chi connectivity index (χ1v) is 10.9. The van der Waals surface area contributed by atoms with E-state index in [0.717, 1.165) is 31.7 Å². The van der Waals surface area contributed by atoms with Gasteiger partial charge in [-0.3, -0.25) is 4.90 Å². The van der Waals surface area contributed by atoms with Gasteiger partial charge in [0.05, 0.1) is 30.7 Å². The number of sulfonamides is 1. The van der Waals surface area contributed by atoms with E-state index in [-0.39, 0.29) is 11.8 Å². The van der Waals surface area contributed by atoms with Crippen LogP contribution in [0.1, 0.15) is 11.3 Å². The van der Waals surface area contributed by atoms with Crippen LogP contribution in [0.5, 0.6) is 0 Å². The van der Waals surface area contributed by atoms with Crippen LogP contribution >= 0.6 is 0 Å². The Morgan fingerprint density at radius 2 is 1.81 bits per heavy atom. The summed E-state index contributed by atoms with van der Waals surface area (Å²) in [6.45, 7) is 5.30. The Balaban J connectivity index is 1.39. The van der Waals surface area contributed by atoms with Crippen LogP contribution in [0.25, 0.3) is 0 Å². The van der Waals surface area contributed by atoms with Gasteiger partial charge >= 0.3 is 0 Å². The van der Waals surface area contributed by atoms with Crippen molar-refractivity contribution in [3.05, 3.63) is 47.8 Å². The third kappa shape index (κ3) is 4.37. The van der Waals surface area contributed by atoms with Gasteiger partial charge < -0.3 is 4.90 Å². The highest BCUT2D eigenvalue weighted by Crippen LogP contribution is 2.21. The van der Waals surface area contributed by atoms with Crippen LogP contribution in [-0.2, 0) is 23.1 Å². The molecule has 1 aromatic heterocycles. The van der Waals surface area contributed by atoms with Crippen molar-refractivity contribution in [1.29, 1.82) is 0 Å². The van der Waals surface area contributed by atoms with Gasteiger partial charge in [0.2, 0.25) is 10.0 Å². The zero-order chi connectivity index (χ0) is 18.9. The lowest BCUT2D eigenvalue weighted by Crippen LogP contribution is -2.50. The second-order valence-electron chi connectivity index (χ2n) is 7.46. The van der Waals surface area contributed by atoms with E-state index in [9.17, 15) is 8.42 Å². The van der Waals surface area contributed by atoms with Crippen LogP contribution in [0, 0.1) is 0 Å². The monoisotopic (exact) mass is 390 g/mol. The minimum Gasteiger partial charge on any atom is -0.304 e. The Hall–Kier alpha value is -1.81. The van der Waals surface area contributed by atoms with Crippen LogP contribution < -0.4 is 0 Å². The molecule has 0 amide bonds. The van der Waals surface area contributed by atoms with Gasteiger partial charge in [-0.2, -0.15) is 4.31 Å². The number of likely N-dealkylation sites (N-methyl/N-ethyl adjacent to an activating group) is 1. The molecule has 0 saturated carbocycles. The van der Waals surface area contributed by atoms with E-state index in [2.05, 4.69) is 27.2 Å². The Morgan fingerprint density at radius 1 is 1.07 bits per heavy atom. The van der Waals surface area contributed by atoms with Gasteiger partial charge in [-0.05, 0) is 12.6 Å². The SMILES string of the molecule is CN1CCN(C2CN(Cc3cn(Cc4ccccc4)nn3)S(=O)(=O)C2)CC1. The largest absolute Gasteiger partial charge is 0.304 e. The highest BCUT2D eigenvalue weighted by molar-refractivity contribution is 7.89. The molecule has 4 rings (SSSR count). The number of hydrogen-bond donors (Lipinski definition) is 0. The summed E-state index contributed by atoms with van der Waals surface area (Å²) in [4.78, 5) is 4.59. The number of benzene rings is 1. The fourth-order valence-corrected chi connectivity index (χ4v) is 5.50. The molecule has 0 bridgehead atoms. The predicted octanol–water partition coefficient (Wildman–Crippen LogP) is 0.0878. The zero-order valence-electron chi connectivity index (χ0n) is 15.6. The number of aromatic nitrogens is 3. The minimum absolute atomic E-state index is 0.0723. The Bertz CT molecular complexity index is 861. The number of nitrogens with zero attached hydrogens (tertiary/aromatic N) is 6. The van der Waals surface area contributed by atoms with Gasteiger partial charge in [-0.1, -0.05) is 35.5 Å². The van der Waals surface area contributed by atoms with Crippen molar-refractivity contribution in [1.82, 2.24) is 29.1 Å². The van der Waals surface area contributed by atoms with Crippen molar-refractivity contribution >= 4 is 10.0 Å². The molecule has 2 aliphatic rings. The molecule has 2 aromatic rings. The molecule has 27 heavy (non-hydrogen) atoms. The Morgan fingerprint density at radius 3 is 2.56 bits per heavy atom. The average Bonchev–Trinajstić information content (AvgIpc) is 3.21. The first-order valence-electron chi connectivity index (χ1n) is 9.33. The maximum Gasteiger partial charge on any atom is 0.216 e. The van der Waals surface area contributed by atoms with Gasteiger partial charge in [0.25, 0.3) is 0 Å². The molecule has 0 aliphatic carbocycles. The van der Waals surface area contributed by atoms with E-state index in [1.54, 1.807) is 8.99 Å². The summed E-state index contributed by atoms with van der Waals surface area (Å²) in [5.41, 5.74) is 1.83. The normalized spacial score (nSPS) is 24.4. The van der Waals surface area contributed by atoms with Crippen molar-refractivity contribution in [3.8, 4) is 0 Å². The minimum atomic E-state index is -3.25. The summed E-state index contributed by atoms with van der Waals surface area (Å²) >= 11 is 0. The summed E-state index contributed by atoms with van der Waals surface area (Å²) in [7, 11) is -1.14. The van der Waals surface area contributed by atoms with Crippen LogP contribution in [-0.4, -0.2) is 89.1 Å². The molecule has 0 N–H and O–H groups in total. The van der Waals surface area contributed by atoms with E-state index in [4.69, 9.17) is 0 Å². The molecule has 146 valence electrons. The molecule has 3 heterocycles. The third-order valence-electron chi connectivity index (χ3n) is 5.38. The van der Waals surface area contributed by atoms with Gasteiger partial charge in [0.15, 0.2) is 0 Å². The highest BCUT2D eigenvalue weighted by atomic mass is 32.2. The first-order chi connectivity index (χ1) is 13.0. The standard InChI is InChI=1S/C18H26N6O2S/c1-21-7-9-22(10-8-21)18-14-24(27(25,26)15-18)13-17-12-23(20-19-17)11-16-5-3-2-4-6-16/h2-6,12,18H,7-11,13-15H2,1H3. The summed E-state index contributed by atoms with van der Waals surface area (Å²) in [5.74, 6) is 0.203. The maximum atomic E-state index is 12.6. The molecule has 1 unspecified atom stereocenters. The molecule has 8 nitrogen and oxygen atoms in total. The van der Waals surface area contributed by atoms with E-state index in [1.807, 2.05) is 36.5 Å². The topological polar surface area (TPSA) is 74.6 Å². The number of piperazine rings is 1. The third-order valence-corrected chi connectivity index (χ3v) is 7.25. The first kappa shape index (κ1) is 18.5. The van der Waals surface area contributed by atoms with Gasteiger partial charge in [0.1, 0.15) is 0 Å². The van der Waals surface area contributed by atoms with Crippen molar-refractivity contribution in [3.63, 3.8) is 0 Å². The Kier molecular flexibility index (Phi) is 5.27. The quantitative estimate of drug-likeness (QED) is 0.720. The fraction of sp³-hybridized carbons (Fsp3) is 0.556. The molecule has 1 aromatic carbocycles. The summed E-state index contributed by atoms with van der Waals surface area (Å²) < 4.78 is 28.5. The van der Waals surface area contributed by atoms with E-state index in [1.165, 1.54) is 0 Å². The van der Waals surface area contributed by atoms with Gasteiger partial charge in [-0.15, -0.1) is 5.10 Å². The lowest BCUT2D eigenvalue weighted by Gasteiger charge is -2.35. The summed E-state index contributed by atoms with van der Waals surface area (Å²) in [6.07, 6.45) is 1.84. The maximum absolute atomic E-state index is 12.6. The Labute approximate surface area is 160 Å². The molecule has 0 spiro atoms. The molecular weight excluding hydrogens is 364 g/mol. The number of hydrogen-bond acceptors (Lipinski definition) is 6. The van der Waals surface area contributed by atoms with E-state index < -0.39 is 10.0 Å². The average molecular weight is 391 g/mol. The van der Waals surface area contributed by atoms with Crippen LogP contribution in [0.3, 0.4) is 0 Å². The highest BCUT2D eigenvalue weighted by Gasteiger charge is 2.39. The summed E-state index contributed by atoms with van der Waals surface area (Å²) in [5, 5.41) is 8.32. The van der Waals surface area contributed by atoms with Crippen molar-refractivity contribution in [2.75, 3.05) is 45.5 Å². The van der Waals surface area contributed by atoms with Crippen molar-refractivity contribution in [2.45, 2.75) is 19.1 Å². The van der Waals surface area contributed by atoms with Crippen LogP contribution in [0.2, 0.25) is 0 Å². The lowest BCUT2D eigenvalue weighted by molar-refractivity contribution is 0.116. The number of rotatable bonds is 5. The summed E-state index contributed by atoms with van der Waals surface area (Å²) in [6, 6.07) is 10.1. The van der Waals surface area contributed by atoms with E-state index >= 15 is 0 Å². The van der Waals surface area contributed by atoms with E-state index in [0.29, 0.717) is 25.3 Å². The molecule has 1 atom stereocenters. The molecule has 2 fully saturated rings. The smallest absolute Gasteiger partial charge is 0.216 e. The molecule has 0 radical (unpaired) electrons.